The number of nitrogens with zero attached hydrogens (tertiary/aromatic N) is 2. The predicted molar refractivity (Wildman–Crippen MR) is 84.2 cm³/mol. The summed E-state index contributed by atoms with van der Waals surface area (Å²) in [5.74, 6) is 0. The van der Waals surface area contributed by atoms with E-state index in [0.29, 0.717) is 12.1 Å². The fourth-order valence-corrected chi connectivity index (χ4v) is 2.92. The molecule has 112 valence electrons. The van der Waals surface area contributed by atoms with Crippen molar-refractivity contribution in [3.8, 4) is 0 Å². The van der Waals surface area contributed by atoms with Gasteiger partial charge in [-0.2, -0.15) is 0 Å². The van der Waals surface area contributed by atoms with Gasteiger partial charge in [-0.3, -0.25) is 0 Å². The smallest absolute Gasteiger partial charge is 0.0735 e. The summed E-state index contributed by atoms with van der Waals surface area (Å²) < 4.78 is 0. The van der Waals surface area contributed by atoms with Crippen molar-refractivity contribution in [1.82, 2.24) is 10.2 Å². The molecule has 20 heavy (non-hydrogen) atoms. The number of anilines is 1. The lowest BCUT2D eigenvalue weighted by atomic mass is 10.1. The third-order valence-electron chi connectivity index (χ3n) is 4.13. The third kappa shape index (κ3) is 3.51. The van der Waals surface area contributed by atoms with Crippen LogP contribution in [0.3, 0.4) is 0 Å². The summed E-state index contributed by atoms with van der Waals surface area (Å²) in [6.45, 7) is 3.87. The summed E-state index contributed by atoms with van der Waals surface area (Å²) >= 11 is 0. The molecule has 0 spiro atoms. The van der Waals surface area contributed by atoms with E-state index in [1.165, 1.54) is 11.3 Å². The quantitative estimate of drug-likeness (QED) is 0.855. The van der Waals surface area contributed by atoms with Gasteiger partial charge in [-0.25, -0.2) is 0 Å². The highest BCUT2D eigenvalue weighted by Crippen LogP contribution is 2.27. The molecule has 0 aliphatic carbocycles. The van der Waals surface area contributed by atoms with Crippen LogP contribution in [-0.4, -0.2) is 56.4 Å². The van der Waals surface area contributed by atoms with E-state index in [1.54, 1.807) is 0 Å². The molecule has 2 rings (SSSR count). The minimum Gasteiger partial charge on any atom is -0.391 e. The first kappa shape index (κ1) is 15.3. The maximum atomic E-state index is 9.95. The zero-order valence-electron chi connectivity index (χ0n) is 13.0. The van der Waals surface area contributed by atoms with Gasteiger partial charge in [0, 0.05) is 30.9 Å². The van der Waals surface area contributed by atoms with Crippen LogP contribution in [0.2, 0.25) is 0 Å². The monoisotopic (exact) mass is 277 g/mol. The normalized spacial score (nSPS) is 24.4. The number of aliphatic hydroxyl groups excluding tert-OH is 1. The Kier molecular flexibility index (Phi) is 5.02. The van der Waals surface area contributed by atoms with Crippen LogP contribution in [0, 0.1) is 0 Å². The Hall–Kier alpha value is -1.10. The lowest BCUT2D eigenvalue weighted by molar-refractivity contribution is 0.191. The lowest BCUT2D eigenvalue weighted by Gasteiger charge is -2.29. The fourth-order valence-electron chi connectivity index (χ4n) is 2.92. The first-order chi connectivity index (χ1) is 9.51. The molecule has 1 aromatic carbocycles. The van der Waals surface area contributed by atoms with Crippen LogP contribution < -0.4 is 10.2 Å². The fraction of sp³-hybridized carbons (Fsp3) is 0.625. The molecule has 3 atom stereocenters. The molecule has 0 amide bonds. The molecule has 2 N–H and O–H groups in total. The molecular formula is C16H27N3O. The molecule has 1 saturated heterocycles. The van der Waals surface area contributed by atoms with Gasteiger partial charge in [0.15, 0.2) is 0 Å². The van der Waals surface area contributed by atoms with Crippen LogP contribution in [0.5, 0.6) is 0 Å². The van der Waals surface area contributed by atoms with Crippen molar-refractivity contribution in [3.05, 3.63) is 29.8 Å². The van der Waals surface area contributed by atoms with Crippen LogP contribution in [0.15, 0.2) is 24.3 Å². The van der Waals surface area contributed by atoms with Crippen LogP contribution in [-0.2, 0) is 0 Å². The highest BCUT2D eigenvalue weighted by Gasteiger charge is 2.31. The van der Waals surface area contributed by atoms with Gasteiger partial charge >= 0.3 is 0 Å². The number of hydrogen-bond donors (Lipinski definition) is 2. The maximum Gasteiger partial charge on any atom is 0.0735 e. The Labute approximate surface area is 122 Å². The number of nitrogens with one attached hydrogen (secondary N) is 1. The topological polar surface area (TPSA) is 38.7 Å². The summed E-state index contributed by atoms with van der Waals surface area (Å²) in [4.78, 5) is 4.52. The van der Waals surface area contributed by atoms with Gasteiger partial charge in [-0.1, -0.05) is 12.1 Å². The number of rotatable bonds is 5. The number of β-amino-alcohol motifs (C(OH)–C–C–N with tert-alkyl or cyclic N) is 1. The first-order valence-electron chi connectivity index (χ1n) is 7.38. The number of hydrogen-bond acceptors (Lipinski definition) is 4. The predicted octanol–water partition coefficient (Wildman–Crippen LogP) is 1.47. The second-order valence-corrected chi connectivity index (χ2v) is 6.06. The molecule has 3 unspecified atom stereocenters. The summed E-state index contributed by atoms with van der Waals surface area (Å²) in [6.07, 6.45) is 0.642. The van der Waals surface area contributed by atoms with E-state index in [1.807, 2.05) is 7.05 Å². The standard InChI is InChI=1S/C16H27N3O/c1-12(17-2)13-5-7-14(8-6-13)19-11-16(20)9-15(19)10-18(3)4/h5-8,12,15-17,20H,9-11H2,1-4H3. The first-order valence-corrected chi connectivity index (χ1v) is 7.38. The lowest BCUT2D eigenvalue weighted by Crippen LogP contribution is -2.37. The molecule has 0 radical (unpaired) electrons. The Morgan fingerprint density at radius 3 is 2.55 bits per heavy atom. The molecule has 1 aliphatic rings. The van der Waals surface area contributed by atoms with E-state index in [0.717, 1.165) is 19.5 Å². The van der Waals surface area contributed by atoms with Crippen molar-refractivity contribution in [2.75, 3.05) is 39.1 Å². The second kappa shape index (κ2) is 6.57. The molecule has 4 heteroatoms. The highest BCUT2D eigenvalue weighted by molar-refractivity contribution is 5.50. The third-order valence-corrected chi connectivity index (χ3v) is 4.13. The Morgan fingerprint density at radius 2 is 2.00 bits per heavy atom. The van der Waals surface area contributed by atoms with Crippen LogP contribution in [0.25, 0.3) is 0 Å². The number of likely N-dealkylation sites (N-methyl/N-ethyl adjacent to an activating group) is 1. The largest absolute Gasteiger partial charge is 0.391 e. The van der Waals surface area contributed by atoms with Gasteiger partial charge in [-0.15, -0.1) is 0 Å². The van der Waals surface area contributed by atoms with E-state index in [9.17, 15) is 5.11 Å². The average Bonchev–Trinajstić information content (AvgIpc) is 2.78. The van der Waals surface area contributed by atoms with E-state index in [-0.39, 0.29) is 6.10 Å². The van der Waals surface area contributed by atoms with Crippen LogP contribution in [0.4, 0.5) is 5.69 Å². The molecule has 1 heterocycles. The minimum absolute atomic E-state index is 0.212. The Bertz CT molecular complexity index is 418. The van der Waals surface area contributed by atoms with Gasteiger partial charge < -0.3 is 20.2 Å². The molecular weight excluding hydrogens is 250 g/mol. The Morgan fingerprint density at radius 1 is 1.35 bits per heavy atom. The van der Waals surface area contributed by atoms with Crippen molar-refractivity contribution >= 4 is 5.69 Å². The van der Waals surface area contributed by atoms with Crippen molar-refractivity contribution in [2.45, 2.75) is 31.5 Å². The summed E-state index contributed by atoms with van der Waals surface area (Å²) in [5.41, 5.74) is 2.50. The van der Waals surface area contributed by atoms with E-state index < -0.39 is 0 Å². The summed E-state index contributed by atoms with van der Waals surface area (Å²) in [7, 11) is 6.14. The van der Waals surface area contributed by atoms with Gasteiger partial charge in [0.05, 0.1) is 6.10 Å². The molecule has 1 fully saturated rings. The number of benzene rings is 1. The van der Waals surface area contributed by atoms with E-state index in [2.05, 4.69) is 60.4 Å². The van der Waals surface area contributed by atoms with Crippen LogP contribution in [0.1, 0.15) is 24.9 Å². The maximum absolute atomic E-state index is 9.95. The second-order valence-electron chi connectivity index (χ2n) is 6.06. The van der Waals surface area contributed by atoms with E-state index in [4.69, 9.17) is 0 Å². The van der Waals surface area contributed by atoms with Crippen molar-refractivity contribution in [1.29, 1.82) is 0 Å². The average molecular weight is 277 g/mol. The molecule has 0 aromatic heterocycles. The van der Waals surface area contributed by atoms with Crippen molar-refractivity contribution in [2.24, 2.45) is 0 Å². The molecule has 4 nitrogen and oxygen atoms in total. The van der Waals surface area contributed by atoms with Gasteiger partial charge in [0.1, 0.15) is 0 Å². The zero-order chi connectivity index (χ0) is 14.7. The van der Waals surface area contributed by atoms with Crippen LogP contribution >= 0.6 is 0 Å². The zero-order valence-corrected chi connectivity index (χ0v) is 13.0. The summed E-state index contributed by atoms with van der Waals surface area (Å²) in [6, 6.07) is 9.45. The molecule has 1 aliphatic heterocycles. The SMILES string of the molecule is CNC(C)c1ccc(N2CC(O)CC2CN(C)C)cc1. The molecule has 0 saturated carbocycles. The Balaban J connectivity index is 2.12. The number of aliphatic hydroxyl groups is 1. The van der Waals surface area contributed by atoms with Gasteiger partial charge in [-0.05, 0) is 52.2 Å². The minimum atomic E-state index is -0.212. The van der Waals surface area contributed by atoms with Gasteiger partial charge in [0.25, 0.3) is 0 Å². The highest BCUT2D eigenvalue weighted by atomic mass is 16.3. The summed E-state index contributed by atoms with van der Waals surface area (Å²) in [5, 5.41) is 13.2. The molecule has 0 bridgehead atoms. The molecule has 1 aromatic rings. The van der Waals surface area contributed by atoms with Gasteiger partial charge in [0.2, 0.25) is 0 Å². The van der Waals surface area contributed by atoms with Crippen molar-refractivity contribution in [3.63, 3.8) is 0 Å². The van der Waals surface area contributed by atoms with Crippen molar-refractivity contribution < 1.29 is 5.11 Å². The van der Waals surface area contributed by atoms with E-state index >= 15 is 0 Å².